The van der Waals surface area contributed by atoms with Gasteiger partial charge in [0, 0.05) is 17.4 Å². The van der Waals surface area contributed by atoms with Gasteiger partial charge in [-0.2, -0.15) is 5.10 Å². The highest BCUT2D eigenvalue weighted by molar-refractivity contribution is 6.02. The fraction of sp³-hybridized carbons (Fsp3) is 0.158. The van der Waals surface area contributed by atoms with Crippen molar-refractivity contribution in [1.82, 2.24) is 14.8 Å². The molecule has 3 N–H and O–H groups in total. The summed E-state index contributed by atoms with van der Waals surface area (Å²) in [5, 5.41) is 6.38. The number of carbonyl (C=O) groups excluding carboxylic acids is 1. The maximum absolute atomic E-state index is 14.7. The summed E-state index contributed by atoms with van der Waals surface area (Å²) >= 11 is 0. The summed E-state index contributed by atoms with van der Waals surface area (Å²) in [5.41, 5.74) is 3.31. The van der Waals surface area contributed by atoms with Crippen LogP contribution in [0, 0.1) is 11.6 Å². The van der Waals surface area contributed by atoms with E-state index in [1.807, 2.05) is 0 Å². The highest BCUT2D eigenvalue weighted by atomic mass is 19.3. The van der Waals surface area contributed by atoms with Gasteiger partial charge < -0.3 is 11.1 Å². The second-order valence-electron chi connectivity index (χ2n) is 6.61. The van der Waals surface area contributed by atoms with Crippen molar-refractivity contribution in [2.45, 2.75) is 18.5 Å². The van der Waals surface area contributed by atoms with Crippen molar-refractivity contribution in [3.63, 3.8) is 0 Å². The molecule has 1 aliphatic heterocycles. The third-order valence-electron chi connectivity index (χ3n) is 4.70. The molecule has 3 heterocycles. The molecule has 0 aliphatic carbocycles. The Bertz CT molecular complexity index is 1140. The first-order valence-electron chi connectivity index (χ1n) is 8.69. The van der Waals surface area contributed by atoms with Gasteiger partial charge in [0.25, 0.3) is 12.3 Å². The van der Waals surface area contributed by atoms with Gasteiger partial charge in [0.15, 0.2) is 5.54 Å². The number of pyridine rings is 1. The lowest BCUT2D eigenvalue weighted by Gasteiger charge is -2.34. The van der Waals surface area contributed by atoms with Crippen LogP contribution in [0.15, 0.2) is 53.8 Å². The maximum atomic E-state index is 14.7. The maximum Gasteiger partial charge on any atom is 0.274 e. The second kappa shape index (κ2) is 7.25. The molecule has 154 valence electrons. The van der Waals surface area contributed by atoms with Gasteiger partial charge in [0.05, 0.1) is 12.7 Å². The molecule has 1 aliphatic rings. The number of anilines is 1. The number of amidine groups is 1. The molecular formula is C19H14F4N6O. The van der Waals surface area contributed by atoms with E-state index < -0.39 is 41.6 Å². The fourth-order valence-corrected chi connectivity index (χ4v) is 3.23. The SMILES string of the molecule is NC1=N[C@](c2cc(NC(=O)c3ccc(F)cn3)ccc2F)(C(F)F)Cn2nccc21. The van der Waals surface area contributed by atoms with Crippen LogP contribution in [-0.4, -0.2) is 32.9 Å². The summed E-state index contributed by atoms with van der Waals surface area (Å²) in [6.07, 6.45) is -0.882. The van der Waals surface area contributed by atoms with E-state index in [-0.39, 0.29) is 17.2 Å². The number of aromatic nitrogens is 3. The van der Waals surface area contributed by atoms with E-state index in [1.54, 1.807) is 0 Å². The largest absolute Gasteiger partial charge is 0.382 e. The monoisotopic (exact) mass is 418 g/mol. The number of alkyl halides is 2. The van der Waals surface area contributed by atoms with Crippen LogP contribution >= 0.6 is 0 Å². The van der Waals surface area contributed by atoms with Gasteiger partial charge in [-0.1, -0.05) is 0 Å². The molecule has 30 heavy (non-hydrogen) atoms. The molecule has 1 amide bonds. The molecule has 7 nitrogen and oxygen atoms in total. The van der Waals surface area contributed by atoms with E-state index in [4.69, 9.17) is 5.73 Å². The summed E-state index contributed by atoms with van der Waals surface area (Å²) in [6, 6.07) is 6.92. The summed E-state index contributed by atoms with van der Waals surface area (Å²) < 4.78 is 57.3. The lowest BCUT2D eigenvalue weighted by Crippen LogP contribution is -2.45. The number of nitrogens with two attached hydrogens (primary N) is 1. The number of nitrogens with one attached hydrogen (secondary N) is 1. The average molecular weight is 418 g/mol. The molecule has 1 atom stereocenters. The first kappa shape index (κ1) is 19.6. The fourth-order valence-electron chi connectivity index (χ4n) is 3.23. The van der Waals surface area contributed by atoms with Gasteiger partial charge in [-0.15, -0.1) is 0 Å². The number of fused-ring (bicyclic) bond motifs is 1. The zero-order chi connectivity index (χ0) is 21.5. The van der Waals surface area contributed by atoms with E-state index in [0.29, 0.717) is 5.69 Å². The van der Waals surface area contributed by atoms with E-state index >= 15 is 0 Å². The number of benzene rings is 1. The number of hydrogen-bond donors (Lipinski definition) is 2. The number of amides is 1. The van der Waals surface area contributed by atoms with Crippen molar-refractivity contribution in [3.8, 4) is 0 Å². The van der Waals surface area contributed by atoms with Gasteiger partial charge in [0.1, 0.15) is 28.9 Å². The quantitative estimate of drug-likeness (QED) is 0.637. The number of nitrogens with zero attached hydrogens (tertiary/aromatic N) is 4. The summed E-state index contributed by atoms with van der Waals surface area (Å²) in [7, 11) is 0. The first-order chi connectivity index (χ1) is 14.3. The number of halogens is 4. The lowest BCUT2D eigenvalue weighted by atomic mass is 9.88. The minimum atomic E-state index is -3.12. The second-order valence-corrected chi connectivity index (χ2v) is 6.61. The van der Waals surface area contributed by atoms with Crippen LogP contribution in [0.2, 0.25) is 0 Å². The van der Waals surface area contributed by atoms with Crippen LogP contribution in [0.4, 0.5) is 23.2 Å². The Kier molecular flexibility index (Phi) is 4.72. The van der Waals surface area contributed by atoms with Crippen LogP contribution in [0.25, 0.3) is 0 Å². The van der Waals surface area contributed by atoms with Crippen molar-refractivity contribution in [3.05, 3.63) is 77.4 Å². The van der Waals surface area contributed by atoms with E-state index in [2.05, 4.69) is 20.4 Å². The minimum absolute atomic E-state index is 0.0302. The molecule has 0 saturated carbocycles. The van der Waals surface area contributed by atoms with Crippen LogP contribution in [0.1, 0.15) is 21.7 Å². The minimum Gasteiger partial charge on any atom is -0.382 e. The van der Waals surface area contributed by atoms with E-state index in [1.165, 1.54) is 23.0 Å². The molecule has 0 bridgehead atoms. The van der Waals surface area contributed by atoms with Gasteiger partial charge in [0.2, 0.25) is 0 Å². The molecule has 0 radical (unpaired) electrons. The third-order valence-corrected chi connectivity index (χ3v) is 4.70. The Labute approximate surface area is 167 Å². The Balaban J connectivity index is 1.72. The molecule has 4 rings (SSSR count). The third kappa shape index (κ3) is 3.27. The van der Waals surface area contributed by atoms with Gasteiger partial charge in [-0.25, -0.2) is 27.5 Å². The normalized spacial score (nSPS) is 18.1. The van der Waals surface area contributed by atoms with E-state index in [0.717, 1.165) is 30.5 Å². The Morgan fingerprint density at radius 2 is 2.00 bits per heavy atom. The van der Waals surface area contributed by atoms with E-state index in [9.17, 15) is 22.4 Å². The standard InChI is InChI=1S/C19H14F4N6O/c20-10-1-4-14(25-8-10)17(30)27-11-2-3-13(21)12(7-11)19(18(22)23)9-29-15(5-6-26-29)16(24)28-19/h1-8,18H,9H2,(H2,24,28)(H,27,30)/t19-/m1/s1. The van der Waals surface area contributed by atoms with Crippen LogP contribution < -0.4 is 11.1 Å². The summed E-state index contributed by atoms with van der Waals surface area (Å²) in [4.78, 5) is 19.9. The van der Waals surface area contributed by atoms with Gasteiger partial charge in [-0.3, -0.25) is 9.48 Å². The Hall–Kier alpha value is -3.76. The summed E-state index contributed by atoms with van der Waals surface area (Å²) in [5.74, 6) is -2.50. The number of carbonyl (C=O) groups is 1. The lowest BCUT2D eigenvalue weighted by molar-refractivity contribution is 0.0364. The molecule has 0 unspecified atom stereocenters. The van der Waals surface area contributed by atoms with Crippen molar-refractivity contribution in [2.75, 3.05) is 5.32 Å². The van der Waals surface area contributed by atoms with Gasteiger partial charge in [-0.05, 0) is 36.4 Å². The summed E-state index contributed by atoms with van der Waals surface area (Å²) in [6.45, 7) is -0.443. The number of rotatable bonds is 4. The van der Waals surface area contributed by atoms with Crippen LogP contribution in [0.3, 0.4) is 0 Å². The molecule has 1 aromatic carbocycles. The smallest absolute Gasteiger partial charge is 0.274 e. The zero-order valence-corrected chi connectivity index (χ0v) is 15.2. The predicted octanol–water partition coefficient (Wildman–Crippen LogP) is 2.69. The van der Waals surface area contributed by atoms with Gasteiger partial charge >= 0.3 is 0 Å². The zero-order valence-electron chi connectivity index (χ0n) is 15.2. The molecule has 0 saturated heterocycles. The molecule has 0 spiro atoms. The number of aliphatic imine (C=N–C) groups is 1. The van der Waals surface area contributed by atoms with Crippen molar-refractivity contribution in [1.29, 1.82) is 0 Å². The Morgan fingerprint density at radius 1 is 1.20 bits per heavy atom. The first-order valence-corrected chi connectivity index (χ1v) is 8.69. The molecule has 3 aromatic rings. The molecule has 0 fully saturated rings. The van der Waals surface area contributed by atoms with Crippen LogP contribution in [0.5, 0.6) is 0 Å². The van der Waals surface area contributed by atoms with Crippen molar-refractivity contribution >= 4 is 17.4 Å². The van der Waals surface area contributed by atoms with Crippen molar-refractivity contribution in [2.24, 2.45) is 10.7 Å². The van der Waals surface area contributed by atoms with Crippen molar-refractivity contribution < 1.29 is 22.4 Å². The molecule has 2 aromatic heterocycles. The molecular weight excluding hydrogens is 404 g/mol. The molecule has 11 heteroatoms. The predicted molar refractivity (Wildman–Crippen MR) is 99.2 cm³/mol. The topological polar surface area (TPSA) is 98.2 Å². The Morgan fingerprint density at radius 3 is 2.70 bits per heavy atom. The van der Waals surface area contributed by atoms with Crippen LogP contribution in [-0.2, 0) is 12.1 Å². The number of hydrogen-bond acceptors (Lipinski definition) is 5. The highest BCUT2D eigenvalue weighted by Crippen LogP contribution is 2.39. The highest BCUT2D eigenvalue weighted by Gasteiger charge is 2.47. The average Bonchev–Trinajstić information content (AvgIpc) is 3.18.